The minimum absolute atomic E-state index is 0.0246. The largest absolute Gasteiger partial charge is 0.586 e. The molecule has 0 aromatic heterocycles. The normalized spacial score (nSPS) is 16.6. The van der Waals surface area contributed by atoms with Crippen LogP contribution in [0.2, 0.25) is 0 Å². The van der Waals surface area contributed by atoms with Crippen LogP contribution in [0.4, 0.5) is 8.78 Å². The van der Waals surface area contributed by atoms with Crippen molar-refractivity contribution in [3.8, 4) is 22.6 Å². The Morgan fingerprint density at radius 2 is 1.60 bits per heavy atom. The van der Waals surface area contributed by atoms with E-state index in [0.29, 0.717) is 24.0 Å². The Labute approximate surface area is 202 Å². The minimum Gasteiger partial charge on any atom is -0.395 e. The number of halogens is 2. The van der Waals surface area contributed by atoms with Crippen molar-refractivity contribution in [1.29, 1.82) is 0 Å². The smallest absolute Gasteiger partial charge is 0.395 e. The first-order valence-corrected chi connectivity index (χ1v) is 11.4. The lowest BCUT2D eigenvalue weighted by Gasteiger charge is -2.16. The average molecular weight is 478 g/mol. The third-order valence-corrected chi connectivity index (χ3v) is 6.75. The Kier molecular flexibility index (Phi) is 5.38. The summed E-state index contributed by atoms with van der Waals surface area (Å²) in [5.41, 5.74) is 4.50. The molecule has 0 N–H and O–H groups in total. The highest BCUT2D eigenvalue weighted by Gasteiger charge is 2.52. The molecule has 0 unspecified atom stereocenters. The summed E-state index contributed by atoms with van der Waals surface area (Å²) < 4.78 is 35.9. The van der Waals surface area contributed by atoms with Crippen molar-refractivity contribution >= 4 is 11.7 Å². The average Bonchev–Trinajstić information content (AvgIpc) is 3.57. The highest BCUT2D eigenvalue weighted by molar-refractivity contribution is 5.95. The van der Waals surface area contributed by atoms with Gasteiger partial charge in [-0.1, -0.05) is 36.4 Å². The van der Waals surface area contributed by atoms with E-state index in [9.17, 15) is 18.4 Å². The van der Waals surface area contributed by atoms with Crippen LogP contribution in [0.25, 0.3) is 11.1 Å². The molecule has 5 rings (SSSR count). The van der Waals surface area contributed by atoms with Crippen molar-refractivity contribution in [1.82, 2.24) is 4.90 Å². The van der Waals surface area contributed by atoms with Crippen LogP contribution in [0.1, 0.15) is 39.9 Å². The second-order valence-electron chi connectivity index (χ2n) is 9.44. The van der Waals surface area contributed by atoms with Crippen LogP contribution in [-0.4, -0.2) is 37.0 Å². The highest BCUT2D eigenvalue weighted by atomic mass is 19.3. The van der Waals surface area contributed by atoms with E-state index < -0.39 is 11.7 Å². The first kappa shape index (κ1) is 23.0. The third kappa shape index (κ3) is 4.27. The number of aryl methyl sites for hydroxylation is 1. The molecule has 35 heavy (non-hydrogen) atoms. The van der Waals surface area contributed by atoms with E-state index in [0.717, 1.165) is 22.3 Å². The van der Waals surface area contributed by atoms with Crippen molar-refractivity contribution in [2.45, 2.75) is 37.9 Å². The molecular formula is C28H25F2NO4. The van der Waals surface area contributed by atoms with E-state index >= 15 is 0 Å². The second-order valence-corrected chi connectivity index (χ2v) is 9.44. The van der Waals surface area contributed by atoms with Crippen molar-refractivity contribution in [3.63, 3.8) is 0 Å². The summed E-state index contributed by atoms with van der Waals surface area (Å²) in [6.45, 7) is 2.00. The maximum atomic E-state index is 13.4. The van der Waals surface area contributed by atoms with Crippen molar-refractivity contribution in [2.75, 3.05) is 14.1 Å². The number of carbonyl (C=O) groups excluding carboxylic acids is 2. The van der Waals surface area contributed by atoms with Gasteiger partial charge in [0.15, 0.2) is 11.5 Å². The van der Waals surface area contributed by atoms with Crippen molar-refractivity contribution in [3.05, 3.63) is 82.9 Å². The molecule has 1 heterocycles. The van der Waals surface area contributed by atoms with Gasteiger partial charge in [0.2, 0.25) is 0 Å². The molecule has 5 nitrogen and oxygen atoms in total. The lowest BCUT2D eigenvalue weighted by Crippen LogP contribution is -2.26. The quantitative estimate of drug-likeness (QED) is 0.469. The molecule has 3 aromatic rings. The zero-order chi connectivity index (χ0) is 25.0. The number of alkyl halides is 2. The summed E-state index contributed by atoms with van der Waals surface area (Å²) in [6.07, 6.45) is -2.11. The van der Waals surface area contributed by atoms with Gasteiger partial charge in [0, 0.05) is 26.1 Å². The standard InChI is InChI=1S/C28H25F2NO4/c1-17-4-5-18(14-22(17)19-6-8-20(9-7-19)26(33)31(2)3)15-25(32)27(12-13-27)21-10-11-23-24(16-21)35-28(29,30)34-23/h4-11,14,16H,12-13,15H2,1-3H3. The summed E-state index contributed by atoms with van der Waals surface area (Å²) in [5.74, 6) is -0.0803. The molecule has 1 aliphatic heterocycles. The molecule has 0 spiro atoms. The number of rotatable bonds is 6. The van der Waals surface area contributed by atoms with Gasteiger partial charge in [0.25, 0.3) is 5.91 Å². The molecule has 0 radical (unpaired) electrons. The van der Waals surface area contributed by atoms with E-state index in [1.54, 1.807) is 32.3 Å². The zero-order valence-electron chi connectivity index (χ0n) is 19.7. The molecule has 0 atom stereocenters. The molecule has 7 heteroatoms. The summed E-state index contributed by atoms with van der Waals surface area (Å²) in [5, 5.41) is 0. The van der Waals surface area contributed by atoms with Crippen molar-refractivity contribution < 1.29 is 27.8 Å². The Balaban J connectivity index is 1.37. The number of hydrogen-bond donors (Lipinski definition) is 0. The lowest BCUT2D eigenvalue weighted by molar-refractivity contribution is -0.286. The Bertz CT molecular complexity index is 1330. The van der Waals surface area contributed by atoms with Gasteiger partial charge in [0.05, 0.1) is 5.41 Å². The Morgan fingerprint density at radius 1 is 0.914 bits per heavy atom. The number of Topliss-reactive ketones (excluding diaryl/α,β-unsaturated/α-hetero) is 1. The molecule has 180 valence electrons. The van der Waals surface area contributed by atoms with Crippen LogP contribution < -0.4 is 9.47 Å². The number of benzene rings is 3. The Hall–Kier alpha value is -3.74. The van der Waals surface area contributed by atoms with Crippen LogP contribution in [0.3, 0.4) is 0 Å². The number of ether oxygens (including phenoxy) is 2. The fraction of sp³-hybridized carbons (Fsp3) is 0.286. The Morgan fingerprint density at radius 3 is 2.26 bits per heavy atom. The molecule has 3 aromatic carbocycles. The zero-order valence-corrected chi connectivity index (χ0v) is 19.7. The van der Waals surface area contributed by atoms with Gasteiger partial charge in [-0.2, -0.15) is 0 Å². The van der Waals surface area contributed by atoms with E-state index in [1.807, 2.05) is 37.3 Å². The number of amides is 1. The predicted molar refractivity (Wildman–Crippen MR) is 127 cm³/mol. The van der Waals surface area contributed by atoms with Gasteiger partial charge in [-0.3, -0.25) is 9.59 Å². The third-order valence-electron chi connectivity index (χ3n) is 6.75. The first-order chi connectivity index (χ1) is 16.6. The van der Waals surface area contributed by atoms with Crippen LogP contribution in [0, 0.1) is 6.92 Å². The molecule has 0 saturated heterocycles. The monoisotopic (exact) mass is 477 g/mol. The van der Waals surface area contributed by atoms with Crippen LogP contribution in [0.15, 0.2) is 60.7 Å². The van der Waals surface area contributed by atoms with Gasteiger partial charge in [-0.05, 0) is 71.8 Å². The summed E-state index contributed by atoms with van der Waals surface area (Å²) in [7, 11) is 3.43. The van der Waals surface area contributed by atoms with Crippen LogP contribution in [0.5, 0.6) is 11.5 Å². The van der Waals surface area contributed by atoms with Crippen LogP contribution in [-0.2, 0) is 16.6 Å². The minimum atomic E-state index is -3.68. The fourth-order valence-corrected chi connectivity index (χ4v) is 4.60. The number of hydrogen-bond acceptors (Lipinski definition) is 4. The van der Waals surface area contributed by atoms with E-state index in [-0.39, 0.29) is 29.6 Å². The maximum Gasteiger partial charge on any atom is 0.586 e. The molecule has 2 aliphatic rings. The van der Waals surface area contributed by atoms with Gasteiger partial charge in [-0.25, -0.2) is 0 Å². The second kappa shape index (κ2) is 8.18. The molecular weight excluding hydrogens is 452 g/mol. The first-order valence-electron chi connectivity index (χ1n) is 11.4. The fourth-order valence-electron chi connectivity index (χ4n) is 4.60. The highest BCUT2D eigenvalue weighted by Crippen LogP contribution is 2.52. The number of nitrogens with zero attached hydrogens (tertiary/aromatic N) is 1. The van der Waals surface area contributed by atoms with Crippen LogP contribution >= 0.6 is 0 Å². The lowest BCUT2D eigenvalue weighted by atomic mass is 9.87. The SMILES string of the molecule is Cc1ccc(CC(=O)C2(c3ccc4c(c3)OC(F)(F)O4)CC2)cc1-c1ccc(C(=O)N(C)C)cc1. The van der Waals surface area contributed by atoms with Gasteiger partial charge < -0.3 is 14.4 Å². The molecule has 1 fully saturated rings. The number of ketones is 1. The summed E-state index contributed by atoms with van der Waals surface area (Å²) in [6, 6.07) is 18.0. The maximum absolute atomic E-state index is 13.4. The van der Waals surface area contributed by atoms with E-state index in [2.05, 4.69) is 9.47 Å². The van der Waals surface area contributed by atoms with E-state index in [1.165, 1.54) is 17.0 Å². The van der Waals surface area contributed by atoms with E-state index in [4.69, 9.17) is 0 Å². The van der Waals surface area contributed by atoms with Gasteiger partial charge >= 0.3 is 6.29 Å². The summed E-state index contributed by atoms with van der Waals surface area (Å²) in [4.78, 5) is 27.1. The molecule has 0 bridgehead atoms. The van der Waals surface area contributed by atoms with Gasteiger partial charge in [-0.15, -0.1) is 8.78 Å². The van der Waals surface area contributed by atoms with Crippen molar-refractivity contribution in [2.24, 2.45) is 0 Å². The predicted octanol–water partition coefficient (Wildman–Crippen LogP) is 5.53. The number of fused-ring (bicyclic) bond motifs is 1. The molecule has 1 amide bonds. The molecule has 1 saturated carbocycles. The number of carbonyl (C=O) groups is 2. The van der Waals surface area contributed by atoms with Gasteiger partial charge in [0.1, 0.15) is 5.78 Å². The topological polar surface area (TPSA) is 55.8 Å². The summed E-state index contributed by atoms with van der Waals surface area (Å²) >= 11 is 0. The molecule has 1 aliphatic carbocycles.